The average molecular weight is 408 g/mol. The molecule has 0 aliphatic carbocycles. The van der Waals surface area contributed by atoms with E-state index in [0.717, 1.165) is 51.4 Å². The molecule has 1 aromatic carbocycles. The van der Waals surface area contributed by atoms with E-state index in [-0.39, 0.29) is 11.7 Å². The molecule has 0 unspecified atom stereocenters. The number of hydrogen-bond donors (Lipinski definition) is 1. The van der Waals surface area contributed by atoms with E-state index in [2.05, 4.69) is 20.2 Å². The Labute approximate surface area is 167 Å². The summed E-state index contributed by atoms with van der Waals surface area (Å²) in [6.07, 6.45) is -2.15. The van der Waals surface area contributed by atoms with Gasteiger partial charge in [0.15, 0.2) is 5.82 Å². The Hall–Kier alpha value is -2.52. The molecule has 1 N–H and O–H groups in total. The van der Waals surface area contributed by atoms with Crippen molar-refractivity contribution in [2.45, 2.75) is 19.5 Å². The maximum Gasteiger partial charge on any atom is 0.416 e. The van der Waals surface area contributed by atoms with E-state index in [9.17, 15) is 18.0 Å². The highest BCUT2D eigenvalue weighted by atomic mass is 19.4. The Kier molecular flexibility index (Phi) is 6.81. The summed E-state index contributed by atoms with van der Waals surface area (Å²) in [6.45, 7) is 6.42. The molecule has 9 heteroatoms. The third-order valence-electron chi connectivity index (χ3n) is 4.73. The largest absolute Gasteiger partial charge is 0.416 e. The van der Waals surface area contributed by atoms with Crippen LogP contribution in [0.15, 0.2) is 30.5 Å². The molecule has 1 amide bonds. The van der Waals surface area contributed by atoms with Crippen LogP contribution in [0.2, 0.25) is 0 Å². The molecule has 156 valence electrons. The molecule has 0 atom stereocenters. The number of alkyl halides is 3. The number of rotatable bonds is 6. The van der Waals surface area contributed by atoms with E-state index in [1.807, 2.05) is 0 Å². The standard InChI is InChI=1S/C20H23F3N4O2/c1-14-17(19(28)24-7-2-8-27-9-11-29-12-10-27)13-25-18(26-14)15-3-5-16(6-4-15)20(21,22)23/h3-6,13H,2,7-12H2,1H3,(H,24,28). The zero-order valence-corrected chi connectivity index (χ0v) is 16.1. The maximum absolute atomic E-state index is 12.7. The quantitative estimate of drug-likeness (QED) is 0.745. The lowest BCUT2D eigenvalue weighted by Crippen LogP contribution is -2.38. The SMILES string of the molecule is Cc1nc(-c2ccc(C(F)(F)F)cc2)ncc1C(=O)NCCCN1CCOCC1. The van der Waals surface area contributed by atoms with Gasteiger partial charge in [-0.2, -0.15) is 13.2 Å². The Morgan fingerprint density at radius 1 is 1.21 bits per heavy atom. The molecule has 1 aliphatic heterocycles. The summed E-state index contributed by atoms with van der Waals surface area (Å²) in [7, 11) is 0. The number of carbonyl (C=O) groups is 1. The van der Waals surface area contributed by atoms with Crippen LogP contribution in [0.3, 0.4) is 0 Å². The van der Waals surface area contributed by atoms with Crippen LogP contribution < -0.4 is 5.32 Å². The Morgan fingerprint density at radius 3 is 2.52 bits per heavy atom. The third-order valence-corrected chi connectivity index (χ3v) is 4.73. The maximum atomic E-state index is 12.7. The predicted octanol–water partition coefficient (Wildman–Crippen LogP) is 2.92. The van der Waals surface area contributed by atoms with E-state index in [4.69, 9.17) is 4.74 Å². The molecule has 2 heterocycles. The first-order valence-corrected chi connectivity index (χ1v) is 9.44. The number of halogens is 3. The summed E-state index contributed by atoms with van der Waals surface area (Å²) in [5.74, 6) is 0.0172. The van der Waals surface area contributed by atoms with E-state index in [0.29, 0.717) is 23.4 Å². The van der Waals surface area contributed by atoms with E-state index in [1.54, 1.807) is 6.92 Å². The molecule has 1 fully saturated rings. The molecule has 1 aromatic heterocycles. The van der Waals surface area contributed by atoms with Gasteiger partial charge in [0.05, 0.1) is 30.0 Å². The first-order valence-electron chi connectivity index (χ1n) is 9.44. The number of nitrogens with one attached hydrogen (secondary N) is 1. The summed E-state index contributed by atoms with van der Waals surface area (Å²) < 4.78 is 43.3. The van der Waals surface area contributed by atoms with Crippen LogP contribution >= 0.6 is 0 Å². The molecular formula is C20H23F3N4O2. The molecule has 3 rings (SSSR count). The minimum absolute atomic E-state index is 0.261. The second-order valence-electron chi connectivity index (χ2n) is 6.83. The molecule has 6 nitrogen and oxygen atoms in total. The smallest absolute Gasteiger partial charge is 0.379 e. The fourth-order valence-electron chi connectivity index (χ4n) is 3.06. The van der Waals surface area contributed by atoms with Crippen LogP contribution in [0.4, 0.5) is 13.2 Å². The molecule has 29 heavy (non-hydrogen) atoms. The van der Waals surface area contributed by atoms with Crippen molar-refractivity contribution in [3.63, 3.8) is 0 Å². The van der Waals surface area contributed by atoms with Crippen LogP contribution in [0, 0.1) is 6.92 Å². The van der Waals surface area contributed by atoms with Crippen molar-refractivity contribution in [3.05, 3.63) is 47.3 Å². The van der Waals surface area contributed by atoms with Crippen LogP contribution in [-0.2, 0) is 10.9 Å². The van der Waals surface area contributed by atoms with Crippen molar-refractivity contribution in [2.75, 3.05) is 39.4 Å². The van der Waals surface area contributed by atoms with Gasteiger partial charge in [-0.1, -0.05) is 12.1 Å². The van der Waals surface area contributed by atoms with Crippen LogP contribution in [0.25, 0.3) is 11.4 Å². The number of ether oxygens (including phenoxy) is 1. The van der Waals surface area contributed by atoms with E-state index < -0.39 is 11.7 Å². The minimum Gasteiger partial charge on any atom is -0.379 e. The number of morpholine rings is 1. The second-order valence-corrected chi connectivity index (χ2v) is 6.83. The first-order chi connectivity index (χ1) is 13.8. The number of nitrogens with zero attached hydrogens (tertiary/aromatic N) is 3. The molecule has 1 saturated heterocycles. The molecule has 2 aromatic rings. The number of carbonyl (C=O) groups excluding carboxylic acids is 1. The van der Waals surface area contributed by atoms with E-state index >= 15 is 0 Å². The van der Waals surface area contributed by atoms with Gasteiger partial charge in [0.25, 0.3) is 5.91 Å². The molecule has 1 aliphatic rings. The lowest BCUT2D eigenvalue weighted by molar-refractivity contribution is -0.137. The zero-order valence-electron chi connectivity index (χ0n) is 16.1. The average Bonchev–Trinajstić information content (AvgIpc) is 2.71. The fraction of sp³-hybridized carbons (Fsp3) is 0.450. The summed E-state index contributed by atoms with van der Waals surface area (Å²) in [5, 5.41) is 2.86. The van der Waals surface area contributed by atoms with Gasteiger partial charge < -0.3 is 10.1 Å². The molecule has 0 spiro atoms. The Balaban J connectivity index is 1.56. The van der Waals surface area contributed by atoms with Gasteiger partial charge in [-0.3, -0.25) is 9.69 Å². The Bertz CT molecular complexity index is 835. The first kappa shape index (κ1) is 21.2. The lowest BCUT2D eigenvalue weighted by Gasteiger charge is -2.26. The van der Waals surface area contributed by atoms with Crippen molar-refractivity contribution in [3.8, 4) is 11.4 Å². The predicted molar refractivity (Wildman–Crippen MR) is 101 cm³/mol. The lowest BCUT2D eigenvalue weighted by atomic mass is 10.1. The second kappa shape index (κ2) is 9.32. The highest BCUT2D eigenvalue weighted by Crippen LogP contribution is 2.30. The van der Waals surface area contributed by atoms with Gasteiger partial charge in [0.2, 0.25) is 0 Å². The minimum atomic E-state index is -4.39. The fourth-order valence-corrected chi connectivity index (χ4v) is 3.06. The summed E-state index contributed by atoms with van der Waals surface area (Å²) in [6, 6.07) is 4.62. The number of aryl methyl sites for hydroxylation is 1. The molecule has 0 radical (unpaired) electrons. The summed E-state index contributed by atoms with van der Waals surface area (Å²) in [5.41, 5.74) is 0.553. The number of hydrogen-bond acceptors (Lipinski definition) is 5. The van der Waals surface area contributed by atoms with Crippen LogP contribution in [-0.4, -0.2) is 60.2 Å². The van der Waals surface area contributed by atoms with Gasteiger partial charge in [0, 0.05) is 31.4 Å². The van der Waals surface area contributed by atoms with Gasteiger partial charge >= 0.3 is 6.18 Å². The Morgan fingerprint density at radius 2 is 1.90 bits per heavy atom. The number of benzene rings is 1. The zero-order chi connectivity index (χ0) is 20.9. The topological polar surface area (TPSA) is 67.4 Å². The number of aromatic nitrogens is 2. The number of amides is 1. The molecule has 0 saturated carbocycles. The molecule has 0 bridgehead atoms. The van der Waals surface area contributed by atoms with Crippen molar-refractivity contribution in [1.29, 1.82) is 0 Å². The van der Waals surface area contributed by atoms with Crippen molar-refractivity contribution in [2.24, 2.45) is 0 Å². The van der Waals surface area contributed by atoms with E-state index in [1.165, 1.54) is 18.3 Å². The normalized spacial score (nSPS) is 15.3. The molecular weight excluding hydrogens is 385 g/mol. The van der Waals surface area contributed by atoms with Crippen LogP contribution in [0.5, 0.6) is 0 Å². The van der Waals surface area contributed by atoms with Gasteiger partial charge in [-0.05, 0) is 32.0 Å². The third kappa shape index (κ3) is 5.74. The van der Waals surface area contributed by atoms with Crippen molar-refractivity contribution < 1.29 is 22.7 Å². The van der Waals surface area contributed by atoms with Gasteiger partial charge in [-0.15, -0.1) is 0 Å². The summed E-state index contributed by atoms with van der Waals surface area (Å²) >= 11 is 0. The van der Waals surface area contributed by atoms with Crippen molar-refractivity contribution in [1.82, 2.24) is 20.2 Å². The van der Waals surface area contributed by atoms with Gasteiger partial charge in [-0.25, -0.2) is 9.97 Å². The van der Waals surface area contributed by atoms with Gasteiger partial charge in [0.1, 0.15) is 0 Å². The van der Waals surface area contributed by atoms with Crippen LogP contribution in [0.1, 0.15) is 28.0 Å². The highest BCUT2D eigenvalue weighted by molar-refractivity contribution is 5.95. The monoisotopic (exact) mass is 408 g/mol. The highest BCUT2D eigenvalue weighted by Gasteiger charge is 2.30. The summed E-state index contributed by atoms with van der Waals surface area (Å²) in [4.78, 5) is 23.1. The van der Waals surface area contributed by atoms with Crippen molar-refractivity contribution >= 4 is 5.91 Å².